The van der Waals surface area contributed by atoms with Gasteiger partial charge in [-0.3, -0.25) is 4.79 Å². The lowest BCUT2D eigenvalue weighted by atomic mass is 10.1. The summed E-state index contributed by atoms with van der Waals surface area (Å²) in [4.78, 5) is 12.3. The quantitative estimate of drug-likeness (QED) is 0.587. The fourth-order valence-electron chi connectivity index (χ4n) is 1.67. The van der Waals surface area contributed by atoms with E-state index >= 15 is 0 Å². The molecule has 0 bridgehead atoms. The van der Waals surface area contributed by atoms with Gasteiger partial charge in [0.2, 0.25) is 0 Å². The summed E-state index contributed by atoms with van der Waals surface area (Å²) in [5.41, 5.74) is 1.93. The smallest absolute Gasteiger partial charge is 0.256 e. The molecule has 0 aromatic heterocycles. The van der Waals surface area contributed by atoms with Crippen LogP contribution < -0.4 is 5.32 Å². The van der Waals surface area contributed by atoms with Crippen molar-refractivity contribution in [1.82, 2.24) is 0 Å². The monoisotopic (exact) mass is 467 g/mol. The molecule has 0 aliphatic rings. The minimum absolute atomic E-state index is 0.146. The van der Waals surface area contributed by atoms with Crippen LogP contribution >= 0.6 is 50.1 Å². The molecule has 0 saturated carbocycles. The van der Waals surface area contributed by atoms with Crippen molar-refractivity contribution in [3.63, 3.8) is 0 Å². The number of anilines is 1. The molecule has 104 valence electrons. The third-order valence-corrected chi connectivity index (χ3v) is 5.04. The summed E-state index contributed by atoms with van der Waals surface area (Å²) in [6.45, 7) is 1.93. The first-order valence-electron chi connectivity index (χ1n) is 5.61. The molecule has 20 heavy (non-hydrogen) atoms. The second-order valence-corrected chi connectivity index (χ2v) is 6.48. The minimum Gasteiger partial charge on any atom is -0.320 e. The van der Waals surface area contributed by atoms with Crippen molar-refractivity contribution in [3.05, 3.63) is 60.3 Å². The number of nitrogens with one attached hydrogen (secondary N) is 1. The number of hydrogen-bond acceptors (Lipinski definition) is 1. The lowest BCUT2D eigenvalue weighted by molar-refractivity contribution is 0.102. The largest absolute Gasteiger partial charge is 0.320 e. The number of amides is 1. The minimum atomic E-state index is -0.468. The Morgan fingerprint density at radius 3 is 2.75 bits per heavy atom. The second kappa shape index (κ2) is 6.41. The third kappa shape index (κ3) is 3.32. The number of benzene rings is 2. The van der Waals surface area contributed by atoms with Crippen molar-refractivity contribution in [1.29, 1.82) is 0 Å². The van der Waals surface area contributed by atoms with E-state index in [4.69, 9.17) is 11.6 Å². The van der Waals surface area contributed by atoms with Gasteiger partial charge < -0.3 is 5.32 Å². The lowest BCUT2D eigenvalue weighted by Gasteiger charge is -2.11. The number of hydrogen-bond donors (Lipinski definition) is 1. The van der Waals surface area contributed by atoms with E-state index in [9.17, 15) is 9.18 Å². The molecule has 0 fully saturated rings. The Hall–Kier alpha value is -0.660. The fraction of sp³-hybridized carbons (Fsp3) is 0.0714. The van der Waals surface area contributed by atoms with Gasteiger partial charge in [0.15, 0.2) is 0 Å². The van der Waals surface area contributed by atoms with Gasteiger partial charge in [0.05, 0.1) is 16.3 Å². The van der Waals surface area contributed by atoms with Gasteiger partial charge in [-0.1, -0.05) is 23.7 Å². The van der Waals surface area contributed by atoms with Gasteiger partial charge in [-0.2, -0.15) is 0 Å². The summed E-state index contributed by atoms with van der Waals surface area (Å²) in [6, 6.07) is 7.88. The molecule has 0 atom stereocenters. The number of aryl methyl sites for hydroxylation is 1. The van der Waals surface area contributed by atoms with E-state index in [0.717, 1.165) is 15.2 Å². The first kappa shape index (κ1) is 15.7. The maximum absolute atomic E-state index is 13.2. The maximum Gasteiger partial charge on any atom is 0.256 e. The van der Waals surface area contributed by atoms with Crippen LogP contribution in [0.2, 0.25) is 5.02 Å². The van der Waals surface area contributed by atoms with Crippen molar-refractivity contribution < 1.29 is 9.18 Å². The normalized spacial score (nSPS) is 10.4. The zero-order valence-corrected chi connectivity index (χ0v) is 14.8. The van der Waals surface area contributed by atoms with E-state index in [2.05, 4.69) is 43.8 Å². The van der Waals surface area contributed by atoms with Crippen LogP contribution in [0.25, 0.3) is 0 Å². The Morgan fingerprint density at radius 1 is 1.40 bits per heavy atom. The van der Waals surface area contributed by atoms with Crippen LogP contribution in [-0.4, -0.2) is 5.91 Å². The average Bonchev–Trinajstić information content (AvgIpc) is 2.36. The van der Waals surface area contributed by atoms with Gasteiger partial charge in [0.25, 0.3) is 5.91 Å². The van der Waals surface area contributed by atoms with Gasteiger partial charge in [-0.15, -0.1) is 0 Å². The lowest BCUT2D eigenvalue weighted by Crippen LogP contribution is -2.14. The topological polar surface area (TPSA) is 29.1 Å². The van der Waals surface area contributed by atoms with Crippen LogP contribution in [0.4, 0.5) is 10.1 Å². The van der Waals surface area contributed by atoms with Gasteiger partial charge in [0.1, 0.15) is 5.82 Å². The molecule has 2 aromatic carbocycles. The Bertz CT molecular complexity index is 670. The Labute approximate surface area is 143 Å². The molecule has 0 saturated heterocycles. The summed E-state index contributed by atoms with van der Waals surface area (Å²) in [5, 5.41) is 2.85. The molecule has 0 spiro atoms. The van der Waals surface area contributed by atoms with Crippen LogP contribution in [0.15, 0.2) is 34.8 Å². The molecule has 0 aliphatic carbocycles. The molecule has 0 radical (unpaired) electrons. The average molecular weight is 468 g/mol. The van der Waals surface area contributed by atoms with Crippen molar-refractivity contribution in [2.24, 2.45) is 0 Å². The predicted octanol–water partition coefficient (Wildman–Crippen LogP) is 5.41. The van der Waals surface area contributed by atoms with Crippen LogP contribution in [0.5, 0.6) is 0 Å². The number of carbonyl (C=O) groups excluding carboxylic acids is 1. The number of carbonyl (C=O) groups is 1. The van der Waals surface area contributed by atoms with E-state index in [-0.39, 0.29) is 10.9 Å². The van der Waals surface area contributed by atoms with Crippen molar-refractivity contribution in [2.45, 2.75) is 6.92 Å². The Balaban J connectivity index is 2.36. The standard InChI is InChI=1S/C14H9BrClFINO/c1-7-3-2-4-9(12(7)18)14(20)19-13-10(15)5-8(17)6-11(13)16/h2-6H,1H3,(H,19,20). The van der Waals surface area contributed by atoms with E-state index in [1.54, 1.807) is 6.07 Å². The Morgan fingerprint density at radius 2 is 2.10 bits per heavy atom. The van der Waals surface area contributed by atoms with Crippen LogP contribution in [-0.2, 0) is 0 Å². The highest BCUT2D eigenvalue weighted by Gasteiger charge is 2.15. The predicted molar refractivity (Wildman–Crippen MR) is 91.0 cm³/mol. The first-order valence-corrected chi connectivity index (χ1v) is 7.86. The van der Waals surface area contributed by atoms with Gasteiger partial charge in [-0.25, -0.2) is 4.39 Å². The zero-order chi connectivity index (χ0) is 14.9. The summed E-state index contributed by atoms with van der Waals surface area (Å²) in [7, 11) is 0. The molecule has 2 rings (SSSR count). The summed E-state index contributed by atoms with van der Waals surface area (Å²) in [6.07, 6.45) is 0. The van der Waals surface area contributed by atoms with Crippen LogP contribution in [0.1, 0.15) is 15.9 Å². The van der Waals surface area contributed by atoms with Crippen molar-refractivity contribution in [2.75, 3.05) is 5.32 Å². The molecule has 6 heteroatoms. The molecule has 2 aromatic rings. The van der Waals surface area contributed by atoms with Crippen LogP contribution in [0, 0.1) is 16.3 Å². The van der Waals surface area contributed by atoms with Crippen molar-refractivity contribution in [3.8, 4) is 0 Å². The van der Waals surface area contributed by atoms with E-state index in [1.165, 1.54) is 6.07 Å². The van der Waals surface area contributed by atoms with Crippen LogP contribution in [0.3, 0.4) is 0 Å². The van der Waals surface area contributed by atoms with Crippen molar-refractivity contribution >= 4 is 61.7 Å². The van der Waals surface area contributed by atoms with Gasteiger partial charge in [-0.05, 0) is 69.2 Å². The highest BCUT2D eigenvalue weighted by atomic mass is 127. The van der Waals surface area contributed by atoms with Gasteiger partial charge >= 0.3 is 0 Å². The van der Waals surface area contributed by atoms with E-state index < -0.39 is 5.82 Å². The molecule has 0 aliphatic heterocycles. The zero-order valence-electron chi connectivity index (χ0n) is 10.3. The summed E-state index contributed by atoms with van der Waals surface area (Å²) < 4.78 is 14.4. The third-order valence-electron chi connectivity index (χ3n) is 2.68. The highest BCUT2D eigenvalue weighted by Crippen LogP contribution is 2.32. The molecule has 0 heterocycles. The second-order valence-electron chi connectivity index (χ2n) is 4.14. The van der Waals surface area contributed by atoms with E-state index in [0.29, 0.717) is 15.7 Å². The fourth-order valence-corrected chi connectivity index (χ4v) is 3.17. The SMILES string of the molecule is Cc1cccc(C(=O)Nc2c(Cl)cc(F)cc2Br)c1I. The molecular formula is C14H9BrClFINO. The summed E-state index contributed by atoms with van der Waals surface area (Å²) >= 11 is 11.3. The van der Waals surface area contributed by atoms with Gasteiger partial charge in [0, 0.05) is 8.04 Å². The summed E-state index contributed by atoms with van der Waals surface area (Å²) in [5.74, 6) is -0.752. The molecule has 0 unspecified atom stereocenters. The molecule has 1 N–H and O–H groups in total. The number of rotatable bonds is 2. The highest BCUT2D eigenvalue weighted by molar-refractivity contribution is 14.1. The first-order chi connectivity index (χ1) is 9.40. The van der Waals surface area contributed by atoms with E-state index in [1.807, 2.05) is 19.1 Å². The maximum atomic E-state index is 13.2. The number of halogens is 4. The molecule has 1 amide bonds. The molecule has 2 nitrogen and oxygen atoms in total. The Kier molecular flexibility index (Phi) is 5.04. The molecular weight excluding hydrogens is 459 g/mol.